The van der Waals surface area contributed by atoms with E-state index in [1.54, 1.807) is 11.3 Å². The van der Waals surface area contributed by atoms with Gasteiger partial charge < -0.3 is 5.32 Å². The lowest BCUT2D eigenvalue weighted by Gasteiger charge is -2.14. The van der Waals surface area contributed by atoms with Crippen LogP contribution in [0.5, 0.6) is 0 Å². The molecule has 2 rings (SSSR count). The van der Waals surface area contributed by atoms with Crippen LogP contribution in [0.3, 0.4) is 0 Å². The molecule has 1 N–H and O–H groups in total. The van der Waals surface area contributed by atoms with E-state index in [1.807, 2.05) is 13.1 Å². The molecule has 0 saturated carbocycles. The Morgan fingerprint density at radius 1 is 1.41 bits per heavy atom. The second-order valence-electron chi connectivity index (χ2n) is 3.68. The zero-order chi connectivity index (χ0) is 12.3. The fraction of sp³-hybridized carbons (Fsp3) is 0.400. The molecule has 4 nitrogen and oxygen atoms in total. The Kier molecular flexibility index (Phi) is 4.33. The van der Waals surface area contributed by atoms with Gasteiger partial charge in [0, 0.05) is 36.5 Å². The van der Waals surface area contributed by atoms with E-state index in [9.17, 15) is 0 Å². The van der Waals surface area contributed by atoms with Gasteiger partial charge in [0.2, 0.25) is 0 Å². The first-order valence-corrected chi connectivity index (χ1v) is 7.07. The van der Waals surface area contributed by atoms with Gasteiger partial charge >= 0.3 is 0 Å². The summed E-state index contributed by atoms with van der Waals surface area (Å²) in [5.74, 6) is 0. The number of halogens is 1. The SMILES string of the molecule is CNc1snnc1CN(C)Cc1ccc(Cl)s1. The highest BCUT2D eigenvalue weighted by Crippen LogP contribution is 2.24. The fourth-order valence-corrected chi connectivity index (χ4v) is 3.21. The van der Waals surface area contributed by atoms with Crippen LogP contribution in [0.25, 0.3) is 0 Å². The topological polar surface area (TPSA) is 41.1 Å². The molecule has 2 aromatic rings. The van der Waals surface area contributed by atoms with Gasteiger partial charge in [-0.05, 0) is 19.2 Å². The van der Waals surface area contributed by atoms with E-state index in [0.29, 0.717) is 0 Å². The van der Waals surface area contributed by atoms with Crippen LogP contribution in [0.4, 0.5) is 5.00 Å². The minimum atomic E-state index is 0.780. The highest BCUT2D eigenvalue weighted by Gasteiger charge is 2.10. The van der Waals surface area contributed by atoms with Crippen molar-refractivity contribution in [2.24, 2.45) is 0 Å². The standard InChI is InChI=1S/C10H13ClN4S2/c1-12-10-8(13-14-17-10)6-15(2)5-7-3-4-9(11)16-7/h3-4,12H,5-6H2,1-2H3. The molecule has 0 bridgehead atoms. The van der Waals surface area contributed by atoms with Crippen molar-refractivity contribution in [3.63, 3.8) is 0 Å². The molecule has 2 heterocycles. The van der Waals surface area contributed by atoms with Gasteiger partial charge in [0.15, 0.2) is 0 Å². The third-order valence-electron chi connectivity index (χ3n) is 2.26. The largest absolute Gasteiger partial charge is 0.377 e. The molecule has 0 saturated heterocycles. The Bertz CT molecular complexity index is 482. The van der Waals surface area contributed by atoms with Crippen LogP contribution in [0.1, 0.15) is 10.6 Å². The highest BCUT2D eigenvalue weighted by atomic mass is 35.5. The van der Waals surface area contributed by atoms with E-state index in [1.165, 1.54) is 16.4 Å². The maximum absolute atomic E-state index is 5.90. The fourth-order valence-electron chi connectivity index (χ4n) is 1.52. The van der Waals surface area contributed by atoms with E-state index < -0.39 is 0 Å². The lowest BCUT2D eigenvalue weighted by Crippen LogP contribution is -2.17. The minimum absolute atomic E-state index is 0.780. The summed E-state index contributed by atoms with van der Waals surface area (Å²) in [6.45, 7) is 1.65. The number of nitrogens with zero attached hydrogens (tertiary/aromatic N) is 3. The van der Waals surface area contributed by atoms with E-state index in [-0.39, 0.29) is 0 Å². The summed E-state index contributed by atoms with van der Waals surface area (Å²) < 4.78 is 4.77. The summed E-state index contributed by atoms with van der Waals surface area (Å²) in [5, 5.41) is 8.24. The Labute approximate surface area is 113 Å². The first-order valence-electron chi connectivity index (χ1n) is 5.10. The summed E-state index contributed by atoms with van der Waals surface area (Å²) in [6, 6.07) is 3.99. The van der Waals surface area contributed by atoms with E-state index in [4.69, 9.17) is 11.6 Å². The Balaban J connectivity index is 1.95. The zero-order valence-corrected chi connectivity index (χ0v) is 12.0. The molecule has 0 atom stereocenters. The van der Waals surface area contributed by atoms with Crippen LogP contribution in [0.2, 0.25) is 4.34 Å². The molecular weight excluding hydrogens is 276 g/mol. The van der Waals surface area contributed by atoms with Crippen LogP contribution in [0, 0.1) is 0 Å². The molecule has 17 heavy (non-hydrogen) atoms. The maximum Gasteiger partial charge on any atom is 0.134 e. The first-order chi connectivity index (χ1) is 8.19. The van der Waals surface area contributed by atoms with E-state index in [2.05, 4.69) is 32.9 Å². The molecule has 7 heteroatoms. The average molecular weight is 289 g/mol. The molecule has 0 fully saturated rings. The lowest BCUT2D eigenvalue weighted by molar-refractivity contribution is 0.318. The molecule has 0 amide bonds. The molecule has 0 aliphatic rings. The van der Waals surface area contributed by atoms with Gasteiger partial charge in [-0.2, -0.15) is 0 Å². The van der Waals surface area contributed by atoms with E-state index in [0.717, 1.165) is 28.1 Å². The number of hydrogen-bond donors (Lipinski definition) is 1. The predicted octanol–water partition coefficient (Wildman–Crippen LogP) is 2.93. The van der Waals surface area contributed by atoms with Crippen molar-refractivity contribution < 1.29 is 0 Å². The molecule has 0 aliphatic heterocycles. The van der Waals surface area contributed by atoms with Crippen molar-refractivity contribution in [1.29, 1.82) is 0 Å². The molecule has 2 aromatic heterocycles. The number of anilines is 1. The van der Waals surface area contributed by atoms with Gasteiger partial charge in [-0.25, -0.2) is 0 Å². The average Bonchev–Trinajstić information content (AvgIpc) is 2.87. The van der Waals surface area contributed by atoms with Gasteiger partial charge in [0.05, 0.1) is 4.34 Å². The van der Waals surface area contributed by atoms with Crippen molar-refractivity contribution in [1.82, 2.24) is 14.5 Å². The van der Waals surface area contributed by atoms with Gasteiger partial charge in [-0.3, -0.25) is 4.90 Å². The Hall–Kier alpha value is -0.690. The van der Waals surface area contributed by atoms with Crippen LogP contribution < -0.4 is 5.32 Å². The van der Waals surface area contributed by atoms with Crippen molar-refractivity contribution in [3.8, 4) is 0 Å². The molecule has 0 radical (unpaired) electrons. The highest BCUT2D eigenvalue weighted by molar-refractivity contribution is 7.16. The molecular formula is C10H13ClN4S2. The van der Waals surface area contributed by atoms with Crippen LogP contribution in [-0.4, -0.2) is 28.6 Å². The van der Waals surface area contributed by atoms with Crippen LogP contribution >= 0.6 is 34.5 Å². The third-order valence-corrected chi connectivity index (χ3v) is 4.26. The molecule has 0 aromatic carbocycles. The summed E-state index contributed by atoms with van der Waals surface area (Å²) in [7, 11) is 3.95. The quantitative estimate of drug-likeness (QED) is 0.918. The van der Waals surface area contributed by atoms with Crippen molar-refractivity contribution in [2.45, 2.75) is 13.1 Å². The summed E-state index contributed by atoms with van der Waals surface area (Å²) in [6.07, 6.45) is 0. The van der Waals surface area contributed by atoms with Crippen LogP contribution in [-0.2, 0) is 13.1 Å². The van der Waals surface area contributed by atoms with Gasteiger partial charge in [-0.15, -0.1) is 16.4 Å². The van der Waals surface area contributed by atoms with Gasteiger partial charge in [0.25, 0.3) is 0 Å². The number of hydrogen-bond acceptors (Lipinski definition) is 6. The van der Waals surface area contributed by atoms with Crippen molar-refractivity contribution >= 4 is 39.5 Å². The van der Waals surface area contributed by atoms with Gasteiger partial charge in [-0.1, -0.05) is 16.1 Å². The minimum Gasteiger partial charge on any atom is -0.377 e. The summed E-state index contributed by atoms with van der Waals surface area (Å²) in [4.78, 5) is 3.45. The molecule has 92 valence electrons. The second kappa shape index (κ2) is 5.77. The Morgan fingerprint density at radius 3 is 2.88 bits per heavy atom. The smallest absolute Gasteiger partial charge is 0.134 e. The number of nitrogens with one attached hydrogen (secondary N) is 1. The van der Waals surface area contributed by atoms with Crippen molar-refractivity contribution in [2.75, 3.05) is 19.4 Å². The lowest BCUT2D eigenvalue weighted by atomic mass is 10.4. The number of rotatable bonds is 5. The molecule has 0 unspecified atom stereocenters. The molecule has 0 aliphatic carbocycles. The maximum atomic E-state index is 5.90. The first kappa shape index (κ1) is 12.8. The van der Waals surface area contributed by atoms with Crippen LogP contribution in [0.15, 0.2) is 12.1 Å². The van der Waals surface area contributed by atoms with E-state index >= 15 is 0 Å². The third kappa shape index (κ3) is 3.38. The zero-order valence-electron chi connectivity index (χ0n) is 9.61. The monoisotopic (exact) mass is 288 g/mol. The van der Waals surface area contributed by atoms with Crippen molar-refractivity contribution in [3.05, 3.63) is 27.0 Å². The predicted molar refractivity (Wildman–Crippen MR) is 74.0 cm³/mol. The molecule has 0 spiro atoms. The summed E-state index contributed by atoms with van der Waals surface area (Å²) in [5.41, 5.74) is 0.989. The van der Waals surface area contributed by atoms with Gasteiger partial charge in [0.1, 0.15) is 10.7 Å². The Morgan fingerprint density at radius 2 is 2.24 bits per heavy atom. The second-order valence-corrected chi connectivity index (χ2v) is 6.23. The normalized spacial score (nSPS) is 11.1. The summed E-state index contributed by atoms with van der Waals surface area (Å²) >= 11 is 8.90. The number of thiophene rings is 1. The number of aromatic nitrogens is 2.